The fourth-order valence-corrected chi connectivity index (χ4v) is 3.08. The summed E-state index contributed by atoms with van der Waals surface area (Å²) in [5, 5.41) is 8.05. The van der Waals surface area contributed by atoms with Gasteiger partial charge in [-0.1, -0.05) is 6.92 Å². The van der Waals surface area contributed by atoms with Gasteiger partial charge in [0, 0.05) is 43.3 Å². The zero-order valence-electron chi connectivity index (χ0n) is 12.3. The molecule has 0 spiro atoms. The van der Waals surface area contributed by atoms with Crippen LogP contribution in [0.3, 0.4) is 0 Å². The maximum Gasteiger partial charge on any atom is 0.122 e. The highest BCUT2D eigenvalue weighted by molar-refractivity contribution is 5.24. The van der Waals surface area contributed by atoms with E-state index in [1.54, 1.807) is 0 Å². The molecule has 0 aliphatic heterocycles. The van der Waals surface area contributed by atoms with Gasteiger partial charge in [-0.2, -0.15) is 5.10 Å². The normalized spacial score (nSPS) is 18.2. The van der Waals surface area contributed by atoms with Crippen LogP contribution in [0.1, 0.15) is 49.3 Å². The molecule has 0 radical (unpaired) electrons. The van der Waals surface area contributed by atoms with Gasteiger partial charge < -0.3 is 9.88 Å². The summed E-state index contributed by atoms with van der Waals surface area (Å²) in [4.78, 5) is 4.46. The number of nitrogens with zero attached hydrogens (tertiary/aromatic N) is 4. The molecule has 20 heavy (non-hydrogen) atoms. The summed E-state index contributed by atoms with van der Waals surface area (Å²) in [6.45, 7) is 4.06. The quantitative estimate of drug-likeness (QED) is 0.908. The molecular weight excluding hydrogens is 250 g/mol. The van der Waals surface area contributed by atoms with E-state index in [9.17, 15) is 0 Å². The van der Waals surface area contributed by atoms with Gasteiger partial charge in [0.05, 0.1) is 12.7 Å². The molecule has 5 heteroatoms. The molecular formula is C15H23N5. The Kier molecular flexibility index (Phi) is 3.87. The Labute approximate surface area is 120 Å². The van der Waals surface area contributed by atoms with Crippen LogP contribution in [0.2, 0.25) is 0 Å². The maximum absolute atomic E-state index is 4.46. The third-order valence-electron chi connectivity index (χ3n) is 4.15. The molecule has 108 valence electrons. The van der Waals surface area contributed by atoms with Gasteiger partial charge in [-0.05, 0) is 25.7 Å². The third kappa shape index (κ3) is 2.50. The number of hydrogen-bond acceptors (Lipinski definition) is 3. The number of nitrogens with one attached hydrogen (secondary N) is 1. The average molecular weight is 273 g/mol. The first kappa shape index (κ1) is 13.4. The molecule has 2 heterocycles. The van der Waals surface area contributed by atoms with Crippen molar-refractivity contribution in [3.8, 4) is 0 Å². The predicted octanol–water partition coefficient (Wildman–Crippen LogP) is 2.19. The first-order valence-corrected chi connectivity index (χ1v) is 7.53. The Bertz CT molecular complexity index is 569. The van der Waals surface area contributed by atoms with Gasteiger partial charge in [0.25, 0.3) is 0 Å². The lowest BCUT2D eigenvalue weighted by atomic mass is 9.93. The highest BCUT2D eigenvalue weighted by Gasteiger charge is 2.23. The van der Waals surface area contributed by atoms with Gasteiger partial charge >= 0.3 is 0 Å². The summed E-state index contributed by atoms with van der Waals surface area (Å²) in [7, 11) is 2.04. The molecule has 0 fully saturated rings. The maximum atomic E-state index is 4.46. The summed E-state index contributed by atoms with van der Waals surface area (Å²) >= 11 is 0. The van der Waals surface area contributed by atoms with Crippen molar-refractivity contribution in [3.05, 3.63) is 35.7 Å². The van der Waals surface area contributed by atoms with Gasteiger partial charge in [-0.25, -0.2) is 4.98 Å². The summed E-state index contributed by atoms with van der Waals surface area (Å²) in [6, 6.07) is 0.416. The average Bonchev–Trinajstić information content (AvgIpc) is 3.05. The third-order valence-corrected chi connectivity index (χ3v) is 4.15. The Balaban J connectivity index is 1.68. The van der Waals surface area contributed by atoms with E-state index in [4.69, 9.17) is 0 Å². The number of aromatic nitrogens is 4. The van der Waals surface area contributed by atoms with Crippen molar-refractivity contribution in [2.24, 2.45) is 7.05 Å². The smallest absolute Gasteiger partial charge is 0.122 e. The highest BCUT2D eigenvalue weighted by Crippen LogP contribution is 2.29. The topological polar surface area (TPSA) is 47.7 Å². The fraction of sp³-hybridized carbons (Fsp3) is 0.600. The molecule has 0 aromatic carbocycles. The molecule has 2 aromatic rings. The van der Waals surface area contributed by atoms with Gasteiger partial charge in [0.15, 0.2) is 0 Å². The van der Waals surface area contributed by atoms with Crippen LogP contribution in [0.5, 0.6) is 0 Å². The van der Waals surface area contributed by atoms with Crippen LogP contribution < -0.4 is 5.32 Å². The lowest BCUT2D eigenvalue weighted by Crippen LogP contribution is -2.26. The van der Waals surface area contributed by atoms with Crippen molar-refractivity contribution in [3.63, 3.8) is 0 Å². The summed E-state index contributed by atoms with van der Waals surface area (Å²) in [5.74, 6) is 1.13. The standard InChI is InChI=1S/C15H23N5/c1-3-8-20-9-7-16-15(20)11-17-13-5-4-6-14-12(13)10-18-19(14)2/h7,9-10,13,17H,3-6,8,11H2,1-2H3. The van der Waals surface area contributed by atoms with Crippen molar-refractivity contribution in [2.45, 2.75) is 51.7 Å². The van der Waals surface area contributed by atoms with Crippen LogP contribution >= 0.6 is 0 Å². The molecule has 1 atom stereocenters. The van der Waals surface area contributed by atoms with Crippen molar-refractivity contribution in [2.75, 3.05) is 0 Å². The predicted molar refractivity (Wildman–Crippen MR) is 78.2 cm³/mol. The molecule has 2 aromatic heterocycles. The first-order valence-electron chi connectivity index (χ1n) is 7.53. The SMILES string of the molecule is CCCn1ccnc1CNC1CCCc2c1cnn2C. The molecule has 0 saturated heterocycles. The number of rotatable bonds is 5. The second kappa shape index (κ2) is 5.79. The van der Waals surface area contributed by atoms with Gasteiger partial charge in [0.1, 0.15) is 5.82 Å². The highest BCUT2D eigenvalue weighted by atomic mass is 15.3. The zero-order chi connectivity index (χ0) is 13.9. The van der Waals surface area contributed by atoms with E-state index in [0.717, 1.165) is 31.8 Å². The summed E-state index contributed by atoms with van der Waals surface area (Å²) < 4.78 is 4.25. The molecule has 0 bridgehead atoms. The van der Waals surface area contributed by atoms with Crippen LogP contribution in [0.15, 0.2) is 18.6 Å². The van der Waals surface area contributed by atoms with Crippen molar-refractivity contribution in [1.82, 2.24) is 24.6 Å². The number of fused-ring (bicyclic) bond motifs is 1. The molecule has 1 N–H and O–H groups in total. The molecule has 1 aliphatic carbocycles. The molecule has 1 aliphatic rings. The lowest BCUT2D eigenvalue weighted by molar-refractivity contribution is 0.439. The Hall–Kier alpha value is -1.62. The van der Waals surface area contributed by atoms with Crippen molar-refractivity contribution < 1.29 is 0 Å². The second-order valence-corrected chi connectivity index (χ2v) is 5.53. The molecule has 3 rings (SSSR count). The molecule has 5 nitrogen and oxygen atoms in total. The summed E-state index contributed by atoms with van der Waals surface area (Å²) in [6.07, 6.45) is 10.7. The minimum absolute atomic E-state index is 0.416. The molecule has 0 saturated carbocycles. The zero-order valence-corrected chi connectivity index (χ0v) is 12.3. The van der Waals surface area contributed by atoms with E-state index >= 15 is 0 Å². The van der Waals surface area contributed by atoms with E-state index in [0.29, 0.717) is 6.04 Å². The van der Waals surface area contributed by atoms with E-state index < -0.39 is 0 Å². The fourth-order valence-electron chi connectivity index (χ4n) is 3.08. The largest absolute Gasteiger partial charge is 0.334 e. The Morgan fingerprint density at radius 3 is 3.20 bits per heavy atom. The minimum Gasteiger partial charge on any atom is -0.334 e. The van der Waals surface area contributed by atoms with Gasteiger partial charge in [-0.15, -0.1) is 0 Å². The van der Waals surface area contributed by atoms with Crippen molar-refractivity contribution in [1.29, 1.82) is 0 Å². The monoisotopic (exact) mass is 273 g/mol. The molecule has 1 unspecified atom stereocenters. The van der Waals surface area contributed by atoms with Crippen LogP contribution in [-0.2, 0) is 26.6 Å². The molecule has 0 amide bonds. The lowest BCUT2D eigenvalue weighted by Gasteiger charge is -2.24. The van der Waals surface area contributed by atoms with Crippen LogP contribution in [0.4, 0.5) is 0 Å². The summed E-state index contributed by atoms with van der Waals surface area (Å²) in [5.41, 5.74) is 2.75. The van der Waals surface area contributed by atoms with Crippen LogP contribution in [0.25, 0.3) is 0 Å². The number of imidazole rings is 1. The van der Waals surface area contributed by atoms with E-state index in [1.165, 1.54) is 24.1 Å². The van der Waals surface area contributed by atoms with Gasteiger partial charge in [0.2, 0.25) is 0 Å². The first-order chi connectivity index (χ1) is 9.79. The Morgan fingerprint density at radius 1 is 1.45 bits per heavy atom. The number of aryl methyl sites for hydroxylation is 2. The van der Waals surface area contributed by atoms with E-state index in [1.807, 2.05) is 24.1 Å². The van der Waals surface area contributed by atoms with Crippen LogP contribution in [-0.4, -0.2) is 19.3 Å². The van der Waals surface area contributed by atoms with Crippen molar-refractivity contribution >= 4 is 0 Å². The van der Waals surface area contributed by atoms with Crippen LogP contribution in [0, 0.1) is 0 Å². The minimum atomic E-state index is 0.416. The van der Waals surface area contributed by atoms with E-state index in [2.05, 4.69) is 33.1 Å². The Morgan fingerprint density at radius 2 is 2.35 bits per heavy atom. The van der Waals surface area contributed by atoms with Gasteiger partial charge in [-0.3, -0.25) is 4.68 Å². The number of hydrogen-bond donors (Lipinski definition) is 1. The second-order valence-electron chi connectivity index (χ2n) is 5.53. The van der Waals surface area contributed by atoms with E-state index in [-0.39, 0.29) is 0 Å².